The van der Waals surface area contributed by atoms with Crippen molar-refractivity contribution in [2.24, 2.45) is 0 Å². The van der Waals surface area contributed by atoms with E-state index >= 15 is 0 Å². The summed E-state index contributed by atoms with van der Waals surface area (Å²) in [5.41, 5.74) is 0. The van der Waals surface area contributed by atoms with Gasteiger partial charge in [0.15, 0.2) is 0 Å². The Morgan fingerprint density at radius 2 is 1.30 bits per heavy atom. The Kier molecular flexibility index (Phi) is 5.83. The van der Waals surface area contributed by atoms with E-state index in [9.17, 15) is 0 Å². The van der Waals surface area contributed by atoms with Crippen molar-refractivity contribution in [1.82, 2.24) is 0 Å². The molecule has 132 valence electrons. The van der Waals surface area contributed by atoms with Crippen LogP contribution in [-0.2, 0) is 0 Å². The van der Waals surface area contributed by atoms with Crippen LogP contribution in [0.5, 0.6) is 0 Å². The molecule has 0 aromatic rings. The highest BCUT2D eigenvalue weighted by Gasteiger charge is 2.64. The fourth-order valence-corrected chi connectivity index (χ4v) is 14.6. The predicted molar refractivity (Wildman–Crippen MR) is 117 cm³/mol. The highest BCUT2D eigenvalue weighted by atomic mass is 32.2. The van der Waals surface area contributed by atoms with Crippen molar-refractivity contribution in [1.29, 1.82) is 0 Å². The molecule has 0 N–H and O–H groups in total. The van der Waals surface area contributed by atoms with Gasteiger partial charge in [0, 0.05) is 21.0 Å². The van der Waals surface area contributed by atoms with Crippen LogP contribution < -0.4 is 0 Å². The van der Waals surface area contributed by atoms with E-state index in [-0.39, 0.29) is 0 Å². The Bertz CT molecular complexity index is 392. The lowest BCUT2D eigenvalue weighted by Crippen LogP contribution is -2.42. The fourth-order valence-electron chi connectivity index (χ4n) is 4.31. The quantitative estimate of drug-likeness (QED) is 0.322. The first-order valence-electron chi connectivity index (χ1n) is 9.52. The molecule has 0 amide bonds. The maximum atomic E-state index is 2.50. The molecule has 0 radical (unpaired) electrons. The SMILES string of the molecule is CCCSC1(SC2(SCCC)CCCC3SC32)CCCC2SC21. The summed E-state index contributed by atoms with van der Waals surface area (Å²) in [5.74, 6) is 2.74. The third-order valence-corrected chi connectivity index (χ3v) is 15.2. The number of hydrogen-bond donors (Lipinski definition) is 0. The molecule has 6 unspecified atom stereocenters. The number of rotatable bonds is 8. The van der Waals surface area contributed by atoms with Gasteiger partial charge < -0.3 is 0 Å². The second-order valence-corrected chi connectivity index (χ2v) is 15.2. The molecule has 4 fully saturated rings. The van der Waals surface area contributed by atoms with Gasteiger partial charge in [0.05, 0.1) is 8.16 Å². The van der Waals surface area contributed by atoms with Crippen molar-refractivity contribution in [2.45, 2.75) is 94.4 Å². The second kappa shape index (κ2) is 7.40. The summed E-state index contributed by atoms with van der Waals surface area (Å²) in [4.78, 5) is 0. The molecule has 0 bridgehead atoms. The van der Waals surface area contributed by atoms with Gasteiger partial charge in [-0.2, -0.15) is 23.5 Å². The van der Waals surface area contributed by atoms with Crippen molar-refractivity contribution in [2.75, 3.05) is 11.5 Å². The maximum Gasteiger partial charge on any atom is 0.0754 e. The number of thioether (sulfide) groups is 5. The van der Waals surface area contributed by atoms with Crippen LogP contribution in [-0.4, -0.2) is 40.7 Å². The molecule has 0 nitrogen and oxygen atoms in total. The molecule has 4 rings (SSSR count). The average Bonchev–Trinajstić information content (AvgIpc) is 3.44. The summed E-state index contributed by atoms with van der Waals surface area (Å²) < 4.78 is 1.10. The average molecular weight is 407 g/mol. The fraction of sp³-hybridized carbons (Fsp3) is 1.00. The van der Waals surface area contributed by atoms with E-state index in [4.69, 9.17) is 0 Å². The molecule has 6 atom stereocenters. The summed E-state index contributed by atoms with van der Waals surface area (Å²) in [6, 6.07) is 0. The zero-order chi connectivity index (χ0) is 15.9. The lowest BCUT2D eigenvalue weighted by atomic mass is 9.99. The highest BCUT2D eigenvalue weighted by molar-refractivity contribution is 8.28. The van der Waals surface area contributed by atoms with E-state index in [0.717, 1.165) is 21.0 Å². The van der Waals surface area contributed by atoms with Crippen LogP contribution >= 0.6 is 58.8 Å². The molecule has 5 heteroatoms. The van der Waals surface area contributed by atoms with E-state index in [0.29, 0.717) is 8.16 Å². The molecule has 0 aromatic carbocycles. The largest absolute Gasteiger partial charge is 0.150 e. The maximum absolute atomic E-state index is 2.50. The van der Waals surface area contributed by atoms with Crippen LogP contribution in [0.15, 0.2) is 0 Å². The molecule has 0 spiro atoms. The van der Waals surface area contributed by atoms with Crippen molar-refractivity contribution in [3.63, 3.8) is 0 Å². The van der Waals surface area contributed by atoms with Gasteiger partial charge in [-0.1, -0.05) is 26.7 Å². The Morgan fingerprint density at radius 3 is 1.74 bits per heavy atom. The van der Waals surface area contributed by atoms with E-state index in [1.807, 2.05) is 0 Å². The standard InChI is InChI=1S/C18H30S5/c1-3-11-19-17(9-5-7-13-15(17)21-13)23-18(20-12-4-2)10-6-8-14-16(18)22-14/h13-16H,3-12H2,1-2H3. The molecule has 2 aliphatic heterocycles. The van der Waals surface area contributed by atoms with Gasteiger partial charge in [-0.05, 0) is 50.0 Å². The van der Waals surface area contributed by atoms with Crippen LogP contribution in [0.2, 0.25) is 0 Å². The van der Waals surface area contributed by atoms with Gasteiger partial charge in [-0.15, -0.1) is 35.3 Å². The topological polar surface area (TPSA) is 0 Å². The van der Waals surface area contributed by atoms with E-state index < -0.39 is 0 Å². The van der Waals surface area contributed by atoms with Gasteiger partial charge in [0.1, 0.15) is 0 Å². The van der Waals surface area contributed by atoms with Crippen LogP contribution in [0.25, 0.3) is 0 Å². The third kappa shape index (κ3) is 3.61. The molecule has 2 aliphatic carbocycles. The van der Waals surface area contributed by atoms with Crippen molar-refractivity contribution in [3.8, 4) is 0 Å². The minimum absolute atomic E-state index is 0.551. The number of fused-ring (bicyclic) bond motifs is 2. The van der Waals surface area contributed by atoms with E-state index in [2.05, 4.69) is 72.7 Å². The van der Waals surface area contributed by atoms with Gasteiger partial charge >= 0.3 is 0 Å². The van der Waals surface area contributed by atoms with Crippen LogP contribution in [0.3, 0.4) is 0 Å². The summed E-state index contributed by atoms with van der Waals surface area (Å²) in [7, 11) is 0. The summed E-state index contributed by atoms with van der Waals surface area (Å²) in [6.45, 7) is 4.72. The lowest BCUT2D eigenvalue weighted by molar-refractivity contribution is 0.530. The summed E-state index contributed by atoms with van der Waals surface area (Å²) in [5, 5.41) is 3.97. The number of hydrogen-bond acceptors (Lipinski definition) is 5. The zero-order valence-corrected chi connectivity index (χ0v) is 18.5. The van der Waals surface area contributed by atoms with Crippen molar-refractivity contribution < 1.29 is 0 Å². The molecule has 2 heterocycles. The molecule has 2 saturated carbocycles. The van der Waals surface area contributed by atoms with Gasteiger partial charge in [-0.25, -0.2) is 0 Å². The molecular formula is C18H30S5. The zero-order valence-electron chi connectivity index (χ0n) is 14.4. The lowest BCUT2D eigenvalue weighted by Gasteiger charge is -2.45. The van der Waals surface area contributed by atoms with E-state index in [1.165, 1.54) is 62.9 Å². The predicted octanol–water partition coefficient (Wildman–Crippen LogP) is 6.73. The first kappa shape index (κ1) is 18.1. The van der Waals surface area contributed by atoms with Crippen LogP contribution in [0.1, 0.15) is 65.2 Å². The van der Waals surface area contributed by atoms with Crippen molar-refractivity contribution in [3.05, 3.63) is 0 Å². The second-order valence-electron chi connectivity index (χ2n) is 7.40. The molecule has 2 saturated heterocycles. The Balaban J connectivity index is 1.55. The summed E-state index contributed by atoms with van der Waals surface area (Å²) in [6.07, 6.45) is 11.6. The van der Waals surface area contributed by atoms with Gasteiger partial charge in [0.25, 0.3) is 0 Å². The van der Waals surface area contributed by atoms with Gasteiger partial charge in [0.2, 0.25) is 0 Å². The van der Waals surface area contributed by atoms with Crippen molar-refractivity contribution >= 4 is 58.8 Å². The molecule has 4 aliphatic rings. The first-order chi connectivity index (χ1) is 11.2. The molecule has 23 heavy (non-hydrogen) atoms. The molecule has 0 aromatic heterocycles. The van der Waals surface area contributed by atoms with Crippen LogP contribution in [0, 0.1) is 0 Å². The smallest absolute Gasteiger partial charge is 0.0754 e. The Hall–Kier alpha value is 1.75. The van der Waals surface area contributed by atoms with Crippen LogP contribution in [0.4, 0.5) is 0 Å². The minimum Gasteiger partial charge on any atom is -0.150 e. The highest BCUT2D eigenvalue weighted by Crippen LogP contribution is 2.73. The monoisotopic (exact) mass is 406 g/mol. The first-order valence-corrected chi connectivity index (χ1v) is 14.2. The molecular weight excluding hydrogens is 377 g/mol. The van der Waals surface area contributed by atoms with E-state index in [1.54, 1.807) is 0 Å². The summed E-state index contributed by atoms with van der Waals surface area (Å²) >= 11 is 11.9. The minimum atomic E-state index is 0.551. The Labute approximate surface area is 164 Å². The Morgan fingerprint density at radius 1 is 0.826 bits per heavy atom. The normalized spacial score (nSPS) is 47.7. The third-order valence-electron chi connectivity index (χ3n) is 5.51. The van der Waals surface area contributed by atoms with Gasteiger partial charge in [-0.3, -0.25) is 0 Å².